The van der Waals surface area contributed by atoms with Gasteiger partial charge in [0.25, 0.3) is 0 Å². The van der Waals surface area contributed by atoms with E-state index in [1.807, 2.05) is 31.2 Å². The Morgan fingerprint density at radius 3 is 2.73 bits per heavy atom. The number of rotatable bonds is 2. The van der Waals surface area contributed by atoms with Crippen LogP contribution in [-0.4, -0.2) is 29.7 Å². The summed E-state index contributed by atoms with van der Waals surface area (Å²) in [6.45, 7) is 2.78. The van der Waals surface area contributed by atoms with Crippen LogP contribution in [0, 0.1) is 0 Å². The quantitative estimate of drug-likeness (QED) is 0.769. The minimum Gasteiger partial charge on any atom is -0.480 e. The molecule has 3 rings (SSSR count). The molecule has 1 aliphatic rings. The third-order valence-corrected chi connectivity index (χ3v) is 3.66. The maximum Gasteiger partial charge on any atom is 0.210 e. The second-order valence-electron chi connectivity index (χ2n) is 4.58. The van der Waals surface area contributed by atoms with Gasteiger partial charge in [-0.2, -0.15) is 0 Å². The van der Waals surface area contributed by atoms with Crippen LogP contribution < -0.4 is 0 Å². The van der Waals surface area contributed by atoms with Crippen LogP contribution in [0.4, 0.5) is 5.69 Å². The number of fused-ring (bicyclic) bond motifs is 1. The number of hydrogen-bond donors (Lipinski definition) is 0. The Morgan fingerprint density at radius 1 is 1.14 bits per heavy atom. The van der Waals surface area contributed by atoms with Gasteiger partial charge in [-0.25, -0.2) is 9.98 Å². The standard InChI is InChI=1S/C16H13Cl2N3O/c1-2-22-14-9-19-15(10-5-3-4-6-11(10)17)16-12(20-14)7-8-13(18)21-16/h3-8H,2,9H2,1H3. The first-order chi connectivity index (χ1) is 10.7. The van der Waals surface area contributed by atoms with Crippen LogP contribution in [0.2, 0.25) is 10.2 Å². The second-order valence-corrected chi connectivity index (χ2v) is 5.38. The van der Waals surface area contributed by atoms with Gasteiger partial charge in [0.15, 0.2) is 0 Å². The molecular formula is C16H13Cl2N3O. The van der Waals surface area contributed by atoms with E-state index in [-0.39, 0.29) is 0 Å². The minimum absolute atomic E-state index is 0.336. The Kier molecular flexibility index (Phi) is 4.41. The van der Waals surface area contributed by atoms with Crippen molar-refractivity contribution >= 4 is 40.5 Å². The molecule has 1 aromatic carbocycles. The van der Waals surface area contributed by atoms with Crippen molar-refractivity contribution in [1.82, 2.24) is 4.98 Å². The normalized spacial score (nSPS) is 13.8. The van der Waals surface area contributed by atoms with Gasteiger partial charge in [-0.1, -0.05) is 41.4 Å². The fourth-order valence-electron chi connectivity index (χ4n) is 2.19. The number of pyridine rings is 1. The third kappa shape index (κ3) is 2.98. The predicted octanol–water partition coefficient (Wildman–Crippen LogP) is 4.31. The van der Waals surface area contributed by atoms with E-state index in [9.17, 15) is 0 Å². The number of halogens is 2. The minimum atomic E-state index is 0.336. The number of ether oxygens (including phenoxy) is 1. The maximum atomic E-state index is 6.30. The first kappa shape index (κ1) is 15.0. The Bertz CT molecular complexity index is 772. The Hall–Kier alpha value is -1.91. The molecule has 112 valence electrons. The third-order valence-electron chi connectivity index (χ3n) is 3.12. The molecule has 0 atom stereocenters. The van der Waals surface area contributed by atoms with Gasteiger partial charge in [0, 0.05) is 5.56 Å². The fourth-order valence-corrected chi connectivity index (χ4v) is 2.57. The lowest BCUT2D eigenvalue weighted by Gasteiger charge is -2.09. The molecule has 2 aromatic rings. The molecule has 0 amide bonds. The van der Waals surface area contributed by atoms with Crippen molar-refractivity contribution in [2.24, 2.45) is 9.98 Å². The van der Waals surface area contributed by atoms with Crippen molar-refractivity contribution < 1.29 is 4.74 Å². The number of nitrogens with zero attached hydrogens (tertiary/aromatic N) is 3. The lowest BCUT2D eigenvalue weighted by atomic mass is 10.1. The molecule has 4 nitrogen and oxygen atoms in total. The highest BCUT2D eigenvalue weighted by Crippen LogP contribution is 2.28. The van der Waals surface area contributed by atoms with Gasteiger partial charge in [-0.15, -0.1) is 0 Å². The van der Waals surface area contributed by atoms with E-state index in [1.165, 1.54) is 0 Å². The van der Waals surface area contributed by atoms with Gasteiger partial charge in [-0.3, -0.25) is 4.99 Å². The summed E-state index contributed by atoms with van der Waals surface area (Å²) in [6.07, 6.45) is 0. The van der Waals surface area contributed by atoms with Crippen LogP contribution in [0.25, 0.3) is 0 Å². The van der Waals surface area contributed by atoms with Gasteiger partial charge < -0.3 is 4.74 Å². The highest BCUT2D eigenvalue weighted by molar-refractivity contribution is 6.36. The monoisotopic (exact) mass is 333 g/mol. The lowest BCUT2D eigenvalue weighted by Crippen LogP contribution is -2.10. The average Bonchev–Trinajstić information content (AvgIpc) is 2.68. The van der Waals surface area contributed by atoms with Gasteiger partial charge >= 0.3 is 0 Å². The summed E-state index contributed by atoms with van der Waals surface area (Å²) in [5.74, 6) is 0.551. The first-order valence-electron chi connectivity index (χ1n) is 6.85. The SMILES string of the molecule is CCOC1=Nc2ccc(Cl)nc2C(c2ccccc2Cl)=NC1. The molecule has 0 radical (unpaired) electrons. The van der Waals surface area contributed by atoms with E-state index in [0.29, 0.717) is 46.3 Å². The molecule has 1 aromatic heterocycles. The first-order valence-corrected chi connectivity index (χ1v) is 7.61. The highest BCUT2D eigenvalue weighted by Gasteiger charge is 2.20. The zero-order valence-corrected chi connectivity index (χ0v) is 13.4. The largest absolute Gasteiger partial charge is 0.480 e. The molecule has 1 aliphatic heterocycles. The van der Waals surface area contributed by atoms with E-state index in [0.717, 1.165) is 5.56 Å². The van der Waals surface area contributed by atoms with Crippen LogP contribution in [0.3, 0.4) is 0 Å². The summed E-state index contributed by atoms with van der Waals surface area (Å²) in [5, 5.41) is 0.988. The maximum absolute atomic E-state index is 6.30. The van der Waals surface area contributed by atoms with Gasteiger partial charge in [-0.05, 0) is 25.1 Å². The zero-order chi connectivity index (χ0) is 15.5. The van der Waals surface area contributed by atoms with Crippen LogP contribution >= 0.6 is 23.2 Å². The molecule has 2 heterocycles. The van der Waals surface area contributed by atoms with E-state index in [2.05, 4.69) is 15.0 Å². The van der Waals surface area contributed by atoms with E-state index in [4.69, 9.17) is 27.9 Å². The van der Waals surface area contributed by atoms with Crippen molar-refractivity contribution in [1.29, 1.82) is 0 Å². The van der Waals surface area contributed by atoms with Crippen LogP contribution in [0.1, 0.15) is 18.2 Å². The van der Waals surface area contributed by atoms with Crippen molar-refractivity contribution in [3.63, 3.8) is 0 Å². The van der Waals surface area contributed by atoms with Gasteiger partial charge in [0.05, 0.1) is 23.0 Å². The van der Waals surface area contributed by atoms with Gasteiger partial charge in [0.2, 0.25) is 5.90 Å². The summed E-state index contributed by atoms with van der Waals surface area (Å²) in [4.78, 5) is 13.5. The Balaban J connectivity index is 2.17. The van der Waals surface area contributed by atoms with Crippen molar-refractivity contribution in [2.45, 2.75) is 6.92 Å². The molecule has 22 heavy (non-hydrogen) atoms. The summed E-state index contributed by atoms with van der Waals surface area (Å²) in [6, 6.07) is 11.0. The Morgan fingerprint density at radius 2 is 1.95 bits per heavy atom. The number of aliphatic imine (C=N–C) groups is 2. The number of benzene rings is 1. The number of aromatic nitrogens is 1. The van der Waals surface area contributed by atoms with E-state index < -0.39 is 0 Å². The van der Waals surface area contributed by atoms with E-state index >= 15 is 0 Å². The van der Waals surface area contributed by atoms with Crippen LogP contribution in [0.5, 0.6) is 0 Å². The van der Waals surface area contributed by atoms with E-state index in [1.54, 1.807) is 12.1 Å². The second kappa shape index (κ2) is 6.46. The van der Waals surface area contributed by atoms with Crippen molar-refractivity contribution in [3.8, 4) is 0 Å². The molecule has 0 fully saturated rings. The molecular weight excluding hydrogens is 321 g/mol. The fraction of sp³-hybridized carbons (Fsp3) is 0.188. The highest BCUT2D eigenvalue weighted by atomic mass is 35.5. The average molecular weight is 334 g/mol. The van der Waals surface area contributed by atoms with Crippen molar-refractivity contribution in [2.75, 3.05) is 13.2 Å². The smallest absolute Gasteiger partial charge is 0.210 e. The van der Waals surface area contributed by atoms with Crippen LogP contribution in [-0.2, 0) is 4.74 Å². The molecule has 0 bridgehead atoms. The van der Waals surface area contributed by atoms with Crippen LogP contribution in [0.15, 0.2) is 46.4 Å². The number of hydrogen-bond acceptors (Lipinski definition) is 4. The summed E-state index contributed by atoms with van der Waals surface area (Å²) in [7, 11) is 0. The van der Waals surface area contributed by atoms with Crippen molar-refractivity contribution in [3.05, 3.63) is 57.8 Å². The molecule has 6 heteroatoms. The predicted molar refractivity (Wildman–Crippen MR) is 89.9 cm³/mol. The zero-order valence-electron chi connectivity index (χ0n) is 11.9. The lowest BCUT2D eigenvalue weighted by molar-refractivity contribution is 0.322. The summed E-state index contributed by atoms with van der Waals surface area (Å²) >= 11 is 12.3. The van der Waals surface area contributed by atoms with Gasteiger partial charge in [0.1, 0.15) is 17.4 Å². The molecule has 0 aliphatic carbocycles. The molecule has 0 spiro atoms. The molecule has 0 saturated heterocycles. The summed E-state index contributed by atoms with van der Waals surface area (Å²) in [5.41, 5.74) is 2.74. The molecule has 0 unspecified atom stereocenters. The Labute approximate surface area is 138 Å². The molecule has 0 saturated carbocycles. The summed E-state index contributed by atoms with van der Waals surface area (Å²) < 4.78 is 5.51. The molecule has 0 N–H and O–H groups in total. The topological polar surface area (TPSA) is 46.8 Å².